The average molecular weight is 611 g/mol. The number of fused-ring (bicyclic) bond motifs is 2. The molecule has 1 heterocycles. The van der Waals surface area contributed by atoms with Crippen molar-refractivity contribution in [3.8, 4) is 0 Å². The van der Waals surface area contributed by atoms with E-state index < -0.39 is 53.7 Å². The van der Waals surface area contributed by atoms with E-state index in [1.807, 2.05) is 19.9 Å². The number of methoxy groups -OCH3 is 1. The van der Waals surface area contributed by atoms with Crippen LogP contribution in [0.25, 0.3) is 0 Å². The molecule has 3 N–H and O–H groups in total. The van der Waals surface area contributed by atoms with Crippen LogP contribution in [0.15, 0.2) is 71.5 Å². The molecule has 240 valence electrons. The van der Waals surface area contributed by atoms with Crippen molar-refractivity contribution in [3.05, 3.63) is 71.5 Å². The highest BCUT2D eigenvalue weighted by Gasteiger charge is 2.30. The van der Waals surface area contributed by atoms with E-state index in [0.29, 0.717) is 18.4 Å². The van der Waals surface area contributed by atoms with Crippen molar-refractivity contribution in [2.75, 3.05) is 7.11 Å². The summed E-state index contributed by atoms with van der Waals surface area (Å²) in [7, 11) is 1.46. The number of rotatable bonds is 6. The van der Waals surface area contributed by atoms with Crippen molar-refractivity contribution < 1.29 is 38.6 Å². The molecule has 0 saturated carbocycles. The summed E-state index contributed by atoms with van der Waals surface area (Å²) in [6, 6.07) is -0.862. The molecule has 1 aliphatic heterocycles. The Morgan fingerprint density at radius 2 is 1.80 bits per heavy atom. The molecule has 2 bridgehead atoms. The number of hydrogen-bond acceptors (Lipinski definition) is 8. The third-order valence-electron chi connectivity index (χ3n) is 7.29. The van der Waals surface area contributed by atoms with Gasteiger partial charge in [-0.2, -0.15) is 0 Å². The summed E-state index contributed by atoms with van der Waals surface area (Å²) in [6.45, 7) is 8.91. The number of hydrogen-bond donors (Lipinski definition) is 3. The second-order valence-electron chi connectivity index (χ2n) is 11.6. The number of ketones is 2. The van der Waals surface area contributed by atoms with E-state index in [-0.39, 0.29) is 42.4 Å². The van der Waals surface area contributed by atoms with E-state index in [2.05, 4.69) is 10.6 Å². The van der Waals surface area contributed by atoms with Gasteiger partial charge in [-0.05, 0) is 44.3 Å². The summed E-state index contributed by atoms with van der Waals surface area (Å²) in [6.07, 6.45) is 13.5. The van der Waals surface area contributed by atoms with Crippen LogP contribution >= 0.6 is 0 Å². The number of aliphatic hydroxyl groups excluding tert-OH is 1. The maximum atomic E-state index is 13.0. The number of amides is 2. The van der Waals surface area contributed by atoms with Crippen molar-refractivity contribution in [1.29, 1.82) is 0 Å². The molecule has 1 aliphatic carbocycles. The third-order valence-corrected chi connectivity index (χ3v) is 7.29. The van der Waals surface area contributed by atoms with Gasteiger partial charge in [-0.1, -0.05) is 63.3 Å². The summed E-state index contributed by atoms with van der Waals surface area (Å²) >= 11 is 0. The minimum atomic E-state index is -0.974. The highest BCUT2D eigenvalue weighted by molar-refractivity contribution is 6.21. The molecule has 0 aromatic carbocycles. The number of ether oxygens (including phenoxy) is 2. The first-order valence-electron chi connectivity index (χ1n) is 15.0. The fourth-order valence-corrected chi connectivity index (χ4v) is 4.71. The Bertz CT molecular complexity index is 1250. The molecule has 0 aromatic rings. The Kier molecular flexibility index (Phi) is 14.9. The van der Waals surface area contributed by atoms with Crippen molar-refractivity contribution in [3.63, 3.8) is 0 Å². The summed E-state index contributed by atoms with van der Waals surface area (Å²) in [5.41, 5.74) is 0.784. The molecule has 5 atom stereocenters. The molecule has 10 heteroatoms. The van der Waals surface area contributed by atoms with Crippen LogP contribution in [0, 0.1) is 11.8 Å². The normalized spacial score (nSPS) is 28.2. The molecule has 0 radical (unpaired) electrons. The van der Waals surface area contributed by atoms with E-state index in [9.17, 15) is 29.1 Å². The number of allylic oxidation sites excluding steroid dienone is 8. The van der Waals surface area contributed by atoms with Crippen molar-refractivity contribution in [1.82, 2.24) is 10.6 Å². The highest BCUT2D eigenvalue weighted by Crippen LogP contribution is 2.24. The van der Waals surface area contributed by atoms with Crippen LogP contribution in [-0.2, 0) is 33.4 Å². The van der Waals surface area contributed by atoms with Crippen LogP contribution < -0.4 is 10.6 Å². The molecule has 2 aliphatic rings. The minimum absolute atomic E-state index is 0.0599. The smallest absolute Gasteiger partial charge is 0.328 e. The van der Waals surface area contributed by atoms with Crippen LogP contribution in [0.3, 0.4) is 0 Å². The molecule has 0 unspecified atom stereocenters. The van der Waals surface area contributed by atoms with Gasteiger partial charge in [0.25, 0.3) is 0 Å². The minimum Gasteiger partial charge on any atom is -0.460 e. The van der Waals surface area contributed by atoms with Crippen molar-refractivity contribution >= 4 is 29.4 Å². The first kappa shape index (κ1) is 36.3. The van der Waals surface area contributed by atoms with E-state index in [0.717, 1.165) is 6.08 Å². The number of Topliss-reactive ketones (excluding diaryl/α,β-unsaturated/α-hetero) is 1. The van der Waals surface area contributed by atoms with Crippen LogP contribution in [0.2, 0.25) is 0 Å². The van der Waals surface area contributed by atoms with E-state index in [1.165, 1.54) is 13.2 Å². The first-order valence-corrected chi connectivity index (χ1v) is 15.0. The molecule has 10 nitrogen and oxygen atoms in total. The van der Waals surface area contributed by atoms with Gasteiger partial charge in [-0.25, -0.2) is 4.79 Å². The SMILES string of the molecule is CO[C@H]1/C=C/C=C/C=C/C[C@H](OC(=O)[C@@H](C)NC(=O)CC(C)C)[C@H](C)[C@@H](O)/C(C)=C\CCC2=CC(=O)C=C(NC(=O)C1)C2=O. The predicted octanol–water partition coefficient (Wildman–Crippen LogP) is 3.73. The lowest BCUT2D eigenvalue weighted by Gasteiger charge is -2.29. The molecule has 2 rings (SSSR count). The lowest BCUT2D eigenvalue weighted by Crippen LogP contribution is -2.43. The zero-order valence-electron chi connectivity index (χ0n) is 26.5. The Hall–Kier alpha value is -3.89. The number of esters is 1. The Labute approximate surface area is 260 Å². The van der Waals surface area contributed by atoms with Gasteiger partial charge in [0.05, 0.1) is 24.3 Å². The first-order chi connectivity index (χ1) is 20.8. The van der Waals surface area contributed by atoms with Gasteiger partial charge in [0.1, 0.15) is 12.1 Å². The van der Waals surface area contributed by atoms with Gasteiger partial charge >= 0.3 is 5.97 Å². The maximum absolute atomic E-state index is 13.0. The second-order valence-corrected chi connectivity index (χ2v) is 11.6. The highest BCUT2D eigenvalue weighted by atomic mass is 16.5. The molecule has 0 spiro atoms. The lowest BCUT2D eigenvalue weighted by molar-refractivity contribution is -0.156. The van der Waals surface area contributed by atoms with Crippen LogP contribution in [0.5, 0.6) is 0 Å². The number of carbonyl (C=O) groups is 5. The average Bonchev–Trinajstić information content (AvgIpc) is 2.95. The Morgan fingerprint density at radius 3 is 2.48 bits per heavy atom. The standard InChI is InChI=1S/C34H46N2O8/c1-21(2)17-30(38)35-24(5)34(42)44-29-16-11-9-7-8-10-15-27(43-6)20-31(39)36-28-19-26(37)18-25(33(28)41)14-12-13-22(3)32(40)23(29)4/h7-11,13,15,18-19,21,23-24,27,29,32,40H,12,14,16-17,20H2,1-6H3,(H,35,38)(H,36,39)/b8-7+,11-9+,15-10+,22-13-/t23-,24+,27-,29-,32-/m0/s1. The van der Waals surface area contributed by atoms with Gasteiger partial charge in [-0.15, -0.1) is 0 Å². The predicted molar refractivity (Wildman–Crippen MR) is 167 cm³/mol. The Balaban J connectivity index is 2.31. The number of carbonyl (C=O) groups excluding carboxylic acids is 5. The molecular formula is C34H46N2O8. The van der Waals surface area contributed by atoms with E-state index in [1.54, 1.807) is 57.2 Å². The van der Waals surface area contributed by atoms with Gasteiger partial charge in [-0.3, -0.25) is 19.2 Å². The number of nitrogens with one attached hydrogen (secondary N) is 2. The summed E-state index contributed by atoms with van der Waals surface area (Å²) in [5, 5.41) is 16.4. The topological polar surface area (TPSA) is 148 Å². The third kappa shape index (κ3) is 12.0. The molecular weight excluding hydrogens is 564 g/mol. The quantitative estimate of drug-likeness (QED) is 0.234. The fraction of sp³-hybridized carbons (Fsp3) is 0.500. The van der Waals surface area contributed by atoms with Crippen LogP contribution in [0.4, 0.5) is 0 Å². The maximum Gasteiger partial charge on any atom is 0.328 e. The van der Waals surface area contributed by atoms with Crippen LogP contribution in [0.1, 0.15) is 66.7 Å². The van der Waals surface area contributed by atoms with Crippen molar-refractivity contribution in [2.45, 2.75) is 91.1 Å². The largest absolute Gasteiger partial charge is 0.460 e. The monoisotopic (exact) mass is 610 g/mol. The zero-order valence-corrected chi connectivity index (χ0v) is 26.5. The van der Waals surface area contributed by atoms with E-state index >= 15 is 0 Å². The van der Waals surface area contributed by atoms with Gasteiger partial charge in [0.2, 0.25) is 17.6 Å². The molecule has 2 amide bonds. The van der Waals surface area contributed by atoms with E-state index in [4.69, 9.17) is 9.47 Å². The molecule has 0 fully saturated rings. The second kappa shape index (κ2) is 18.0. The van der Waals surface area contributed by atoms with Crippen LogP contribution in [-0.4, -0.2) is 65.9 Å². The van der Waals surface area contributed by atoms with Gasteiger partial charge in [0.15, 0.2) is 5.78 Å². The van der Waals surface area contributed by atoms with Gasteiger partial charge < -0.3 is 25.2 Å². The molecule has 0 aromatic heterocycles. The summed E-state index contributed by atoms with van der Waals surface area (Å²) < 4.78 is 11.2. The molecule has 0 saturated heterocycles. The van der Waals surface area contributed by atoms with Crippen molar-refractivity contribution in [2.24, 2.45) is 11.8 Å². The summed E-state index contributed by atoms with van der Waals surface area (Å²) in [5.74, 6) is -2.52. The lowest BCUT2D eigenvalue weighted by atomic mass is 9.90. The number of aliphatic hydroxyl groups is 1. The van der Waals surface area contributed by atoms with Gasteiger partial charge in [0, 0.05) is 37.5 Å². The fourth-order valence-electron chi connectivity index (χ4n) is 4.71. The Morgan fingerprint density at radius 1 is 1.09 bits per heavy atom. The summed E-state index contributed by atoms with van der Waals surface area (Å²) in [4.78, 5) is 63.0. The molecule has 44 heavy (non-hydrogen) atoms. The zero-order chi connectivity index (χ0) is 32.8.